The second-order valence-corrected chi connectivity index (χ2v) is 6.00. The van der Waals surface area contributed by atoms with E-state index >= 15 is 0 Å². The molecule has 15 heavy (non-hydrogen) atoms. The molecule has 3 fully saturated rings. The molecule has 4 bridgehead atoms. The van der Waals surface area contributed by atoms with Crippen LogP contribution < -0.4 is 0 Å². The summed E-state index contributed by atoms with van der Waals surface area (Å²) in [4.78, 5) is 0. The van der Waals surface area contributed by atoms with Crippen molar-refractivity contribution in [1.29, 1.82) is 0 Å². The van der Waals surface area contributed by atoms with Gasteiger partial charge in [-0.2, -0.15) is 0 Å². The molecule has 0 aromatic rings. The zero-order valence-corrected chi connectivity index (χ0v) is 8.79. The van der Waals surface area contributed by atoms with E-state index in [0.29, 0.717) is 11.8 Å². The molecule has 8 unspecified atom stereocenters. The third-order valence-electron chi connectivity index (χ3n) is 5.75. The van der Waals surface area contributed by atoms with Crippen LogP contribution in [0.2, 0.25) is 0 Å². The topological polar surface area (TPSA) is 40.5 Å². The van der Waals surface area contributed by atoms with Gasteiger partial charge in [0.05, 0.1) is 6.10 Å². The highest BCUT2D eigenvalue weighted by atomic mass is 16.3. The van der Waals surface area contributed by atoms with Crippen molar-refractivity contribution in [3.63, 3.8) is 0 Å². The van der Waals surface area contributed by atoms with Crippen molar-refractivity contribution in [3.05, 3.63) is 12.2 Å². The van der Waals surface area contributed by atoms with Crippen LogP contribution in [0.3, 0.4) is 0 Å². The predicted molar refractivity (Wildman–Crippen MR) is 55.9 cm³/mol. The summed E-state index contributed by atoms with van der Waals surface area (Å²) in [6.45, 7) is 0.187. The van der Waals surface area contributed by atoms with Crippen LogP contribution in [0, 0.1) is 41.4 Å². The largest absolute Gasteiger partial charge is 0.396 e. The van der Waals surface area contributed by atoms with Gasteiger partial charge in [0, 0.05) is 12.5 Å². The van der Waals surface area contributed by atoms with E-state index in [-0.39, 0.29) is 18.6 Å². The summed E-state index contributed by atoms with van der Waals surface area (Å²) < 4.78 is 0. The van der Waals surface area contributed by atoms with E-state index in [9.17, 15) is 10.2 Å². The molecule has 8 atom stereocenters. The molecule has 2 N–H and O–H groups in total. The summed E-state index contributed by atoms with van der Waals surface area (Å²) in [6.07, 6.45) is 7.07. The van der Waals surface area contributed by atoms with Gasteiger partial charge in [0.1, 0.15) is 0 Å². The molecule has 4 aliphatic carbocycles. The second-order valence-electron chi connectivity index (χ2n) is 6.00. The van der Waals surface area contributed by atoms with Crippen molar-refractivity contribution in [1.82, 2.24) is 0 Å². The first-order chi connectivity index (χ1) is 7.31. The maximum absolute atomic E-state index is 10.2. The fourth-order valence-corrected chi connectivity index (χ4v) is 5.37. The molecule has 4 aliphatic rings. The van der Waals surface area contributed by atoms with Crippen molar-refractivity contribution >= 4 is 0 Å². The van der Waals surface area contributed by atoms with Crippen LogP contribution in [0.4, 0.5) is 0 Å². The summed E-state index contributed by atoms with van der Waals surface area (Å²) in [7, 11) is 0. The normalized spacial score (nSPS) is 64.1. The standard InChI is InChI=1S/C13H18O2/c14-5-10-8-4-9(13(10)15)12-7-2-1-6(3-7)11(8)12/h1-2,6-15H,3-5H2. The van der Waals surface area contributed by atoms with Crippen LogP contribution in [0.5, 0.6) is 0 Å². The van der Waals surface area contributed by atoms with Gasteiger partial charge in [-0.3, -0.25) is 0 Å². The molecule has 4 rings (SSSR count). The van der Waals surface area contributed by atoms with Crippen LogP contribution in [0.25, 0.3) is 0 Å². The van der Waals surface area contributed by atoms with Crippen LogP contribution in [0.15, 0.2) is 12.2 Å². The highest BCUT2D eigenvalue weighted by Gasteiger charge is 2.64. The highest BCUT2D eigenvalue weighted by Crippen LogP contribution is 2.66. The van der Waals surface area contributed by atoms with Crippen molar-refractivity contribution < 1.29 is 10.2 Å². The van der Waals surface area contributed by atoms with Crippen LogP contribution >= 0.6 is 0 Å². The summed E-state index contributed by atoms with van der Waals surface area (Å²) in [6, 6.07) is 0. The van der Waals surface area contributed by atoms with Gasteiger partial charge in [-0.25, -0.2) is 0 Å². The Kier molecular flexibility index (Phi) is 1.56. The average Bonchev–Trinajstić information content (AvgIpc) is 2.94. The number of allylic oxidation sites excluding steroid dienone is 2. The third-order valence-corrected chi connectivity index (χ3v) is 5.75. The van der Waals surface area contributed by atoms with Gasteiger partial charge in [0.15, 0.2) is 0 Å². The zero-order chi connectivity index (χ0) is 10.2. The van der Waals surface area contributed by atoms with Crippen LogP contribution in [0.1, 0.15) is 12.8 Å². The predicted octanol–water partition coefficient (Wildman–Crippen LogP) is 1.04. The maximum Gasteiger partial charge on any atom is 0.0624 e. The highest BCUT2D eigenvalue weighted by molar-refractivity contribution is 5.22. The number of fused-ring (bicyclic) bond motifs is 9. The van der Waals surface area contributed by atoms with Gasteiger partial charge >= 0.3 is 0 Å². The maximum atomic E-state index is 10.2. The first kappa shape index (κ1) is 8.77. The molecule has 3 saturated carbocycles. The number of aliphatic hydroxyl groups excluding tert-OH is 2. The van der Waals surface area contributed by atoms with E-state index in [1.54, 1.807) is 0 Å². The monoisotopic (exact) mass is 206 g/mol. The molecule has 82 valence electrons. The van der Waals surface area contributed by atoms with Crippen LogP contribution in [-0.2, 0) is 0 Å². The zero-order valence-electron chi connectivity index (χ0n) is 8.79. The lowest BCUT2D eigenvalue weighted by molar-refractivity contribution is -0.0229. The van der Waals surface area contributed by atoms with Gasteiger partial charge in [-0.05, 0) is 48.3 Å². The Morgan fingerprint density at radius 3 is 2.33 bits per heavy atom. The minimum atomic E-state index is -0.214. The summed E-state index contributed by atoms with van der Waals surface area (Å²) in [5, 5.41) is 19.5. The molecule has 0 radical (unpaired) electrons. The lowest BCUT2D eigenvalue weighted by atomic mass is 9.68. The average molecular weight is 206 g/mol. The summed E-state index contributed by atoms with van der Waals surface area (Å²) in [5.74, 6) is 4.37. The molecule has 0 amide bonds. The summed E-state index contributed by atoms with van der Waals surface area (Å²) in [5.41, 5.74) is 0. The van der Waals surface area contributed by atoms with E-state index < -0.39 is 0 Å². The first-order valence-electron chi connectivity index (χ1n) is 6.28. The number of rotatable bonds is 1. The van der Waals surface area contributed by atoms with E-state index in [0.717, 1.165) is 23.7 Å². The van der Waals surface area contributed by atoms with Crippen molar-refractivity contribution in [2.24, 2.45) is 41.4 Å². The Hall–Kier alpha value is -0.340. The van der Waals surface area contributed by atoms with Crippen molar-refractivity contribution in [2.45, 2.75) is 18.9 Å². The van der Waals surface area contributed by atoms with E-state index in [4.69, 9.17) is 0 Å². The van der Waals surface area contributed by atoms with Gasteiger partial charge < -0.3 is 10.2 Å². The minimum Gasteiger partial charge on any atom is -0.396 e. The molecule has 0 aromatic heterocycles. The van der Waals surface area contributed by atoms with E-state index in [1.807, 2.05) is 0 Å². The lowest BCUT2D eigenvalue weighted by Gasteiger charge is -2.39. The Labute approximate surface area is 90.0 Å². The van der Waals surface area contributed by atoms with Gasteiger partial charge in [0.2, 0.25) is 0 Å². The Morgan fingerprint density at radius 2 is 1.67 bits per heavy atom. The van der Waals surface area contributed by atoms with Gasteiger partial charge in [-0.15, -0.1) is 0 Å². The number of hydrogen-bond donors (Lipinski definition) is 2. The smallest absolute Gasteiger partial charge is 0.0624 e. The first-order valence-corrected chi connectivity index (χ1v) is 6.28. The Bertz CT molecular complexity index is 324. The number of aliphatic hydroxyl groups is 2. The Morgan fingerprint density at radius 1 is 1.00 bits per heavy atom. The number of hydrogen-bond acceptors (Lipinski definition) is 2. The molecular formula is C13H18O2. The van der Waals surface area contributed by atoms with E-state index in [1.165, 1.54) is 12.8 Å². The fourth-order valence-electron chi connectivity index (χ4n) is 5.37. The second kappa shape index (κ2) is 2.67. The third kappa shape index (κ3) is 0.853. The summed E-state index contributed by atoms with van der Waals surface area (Å²) >= 11 is 0. The molecule has 0 aromatic carbocycles. The van der Waals surface area contributed by atoms with Crippen molar-refractivity contribution in [3.8, 4) is 0 Å². The van der Waals surface area contributed by atoms with Gasteiger partial charge in [0.25, 0.3) is 0 Å². The fraction of sp³-hybridized carbons (Fsp3) is 0.846. The molecule has 2 nitrogen and oxygen atoms in total. The SMILES string of the molecule is OCC1C(O)C2CC1C1C3C=CC(C3)C21. The van der Waals surface area contributed by atoms with E-state index in [2.05, 4.69) is 12.2 Å². The molecule has 0 saturated heterocycles. The molecule has 0 spiro atoms. The quantitative estimate of drug-likeness (QED) is 0.497. The molecule has 0 aliphatic heterocycles. The van der Waals surface area contributed by atoms with Crippen molar-refractivity contribution in [2.75, 3.05) is 6.61 Å². The van der Waals surface area contributed by atoms with Gasteiger partial charge in [-0.1, -0.05) is 12.2 Å². The lowest BCUT2D eigenvalue weighted by Crippen LogP contribution is -2.41. The molecule has 2 heteroatoms. The minimum absolute atomic E-state index is 0.184. The molecule has 0 heterocycles. The Balaban J connectivity index is 1.73. The van der Waals surface area contributed by atoms with Crippen LogP contribution in [-0.4, -0.2) is 22.9 Å². The molecular weight excluding hydrogens is 188 g/mol.